The zero-order chi connectivity index (χ0) is 22.2. The van der Waals surface area contributed by atoms with Crippen molar-refractivity contribution in [3.63, 3.8) is 0 Å². The Balaban J connectivity index is 1.25. The summed E-state index contributed by atoms with van der Waals surface area (Å²) in [6.45, 7) is 0.737. The van der Waals surface area contributed by atoms with Crippen molar-refractivity contribution in [1.82, 2.24) is 35.3 Å². The maximum Gasteiger partial charge on any atom is 0.249 e. The summed E-state index contributed by atoms with van der Waals surface area (Å²) in [4.78, 5) is 28.7. The molecule has 2 fully saturated rings. The fraction of sp³-hybridized carbons (Fsp3) is 0.545. The third-order valence-electron chi connectivity index (χ3n) is 7.03. The highest BCUT2D eigenvalue weighted by atomic mass is 16.2. The number of H-pyrrole nitrogens is 2. The topological polar surface area (TPSA) is 140 Å². The van der Waals surface area contributed by atoms with Crippen LogP contribution in [0.2, 0.25) is 0 Å². The van der Waals surface area contributed by atoms with Crippen molar-refractivity contribution in [1.29, 1.82) is 0 Å². The summed E-state index contributed by atoms with van der Waals surface area (Å²) >= 11 is 0. The predicted molar refractivity (Wildman–Crippen MR) is 123 cm³/mol. The van der Waals surface area contributed by atoms with Gasteiger partial charge in [0.25, 0.3) is 0 Å². The van der Waals surface area contributed by atoms with E-state index in [0.29, 0.717) is 17.8 Å². The van der Waals surface area contributed by atoms with Crippen LogP contribution in [0, 0.1) is 0 Å². The van der Waals surface area contributed by atoms with Crippen molar-refractivity contribution >= 4 is 29.4 Å². The van der Waals surface area contributed by atoms with Crippen LogP contribution in [0.15, 0.2) is 12.4 Å². The van der Waals surface area contributed by atoms with E-state index < -0.39 is 0 Å². The smallest absolute Gasteiger partial charge is 0.249 e. The van der Waals surface area contributed by atoms with Crippen LogP contribution >= 0.6 is 0 Å². The zero-order valence-electron chi connectivity index (χ0n) is 18.5. The molecule has 0 spiro atoms. The molecule has 0 unspecified atom stereocenters. The Labute approximate surface area is 191 Å². The van der Waals surface area contributed by atoms with Crippen molar-refractivity contribution in [2.75, 3.05) is 22.1 Å². The molecule has 4 heterocycles. The Bertz CT molecular complexity index is 1130. The molecule has 1 amide bonds. The molecule has 4 N–H and O–H groups in total. The molecule has 1 saturated heterocycles. The van der Waals surface area contributed by atoms with E-state index in [-0.39, 0.29) is 11.9 Å². The second kappa shape index (κ2) is 8.45. The molecule has 0 aromatic carbocycles. The maximum absolute atomic E-state index is 12.9. The molecule has 33 heavy (non-hydrogen) atoms. The number of anilines is 4. The van der Waals surface area contributed by atoms with Gasteiger partial charge >= 0.3 is 0 Å². The molecule has 1 atom stereocenters. The van der Waals surface area contributed by atoms with Gasteiger partial charge in [-0.05, 0) is 44.9 Å². The van der Waals surface area contributed by atoms with Crippen LogP contribution in [-0.4, -0.2) is 53.8 Å². The van der Waals surface area contributed by atoms with Crippen molar-refractivity contribution in [3.8, 4) is 0 Å². The third kappa shape index (κ3) is 3.91. The molecule has 6 rings (SSSR count). The zero-order valence-corrected chi connectivity index (χ0v) is 18.5. The first-order valence-corrected chi connectivity index (χ1v) is 11.9. The van der Waals surface area contributed by atoms with Gasteiger partial charge in [0.2, 0.25) is 17.8 Å². The van der Waals surface area contributed by atoms with Crippen molar-refractivity contribution in [2.45, 2.75) is 69.7 Å². The molecular formula is C22H28N10O. The van der Waals surface area contributed by atoms with Crippen LogP contribution in [0.3, 0.4) is 0 Å². The predicted octanol–water partition coefficient (Wildman–Crippen LogP) is 2.82. The van der Waals surface area contributed by atoms with Crippen LogP contribution in [0.5, 0.6) is 0 Å². The number of aromatic nitrogens is 7. The van der Waals surface area contributed by atoms with E-state index in [0.717, 1.165) is 61.5 Å². The Morgan fingerprint density at radius 3 is 2.82 bits per heavy atom. The van der Waals surface area contributed by atoms with Gasteiger partial charge in [-0.3, -0.25) is 15.2 Å². The lowest BCUT2D eigenvalue weighted by atomic mass is 10.0. The lowest BCUT2D eigenvalue weighted by molar-refractivity contribution is -0.117. The van der Waals surface area contributed by atoms with E-state index in [1.165, 1.54) is 37.7 Å². The summed E-state index contributed by atoms with van der Waals surface area (Å²) < 4.78 is 0. The van der Waals surface area contributed by atoms with Crippen molar-refractivity contribution < 1.29 is 4.79 Å². The Morgan fingerprint density at radius 2 is 1.97 bits per heavy atom. The number of amides is 1. The molecule has 172 valence electrons. The fourth-order valence-electron chi connectivity index (χ4n) is 5.36. The molecule has 2 aliphatic carbocycles. The van der Waals surface area contributed by atoms with E-state index in [2.05, 4.69) is 42.1 Å². The van der Waals surface area contributed by atoms with E-state index in [1.54, 1.807) is 0 Å². The number of hydrogen-bond donors (Lipinski definition) is 4. The van der Waals surface area contributed by atoms with Crippen molar-refractivity contribution in [2.24, 2.45) is 0 Å². The van der Waals surface area contributed by atoms with Gasteiger partial charge < -0.3 is 10.2 Å². The summed E-state index contributed by atoms with van der Waals surface area (Å²) in [7, 11) is 0. The van der Waals surface area contributed by atoms with E-state index in [4.69, 9.17) is 9.97 Å². The van der Waals surface area contributed by atoms with Crippen LogP contribution in [-0.2, 0) is 17.6 Å². The quantitative estimate of drug-likeness (QED) is 0.451. The van der Waals surface area contributed by atoms with Gasteiger partial charge in [0.1, 0.15) is 18.2 Å². The van der Waals surface area contributed by atoms with E-state index >= 15 is 0 Å². The third-order valence-corrected chi connectivity index (χ3v) is 7.03. The first-order chi connectivity index (χ1) is 16.2. The summed E-state index contributed by atoms with van der Waals surface area (Å²) in [6.07, 6.45) is 11.0. The minimum atomic E-state index is -0.346. The molecule has 0 radical (unpaired) electrons. The molecule has 3 aromatic rings. The lowest BCUT2D eigenvalue weighted by Gasteiger charge is -2.24. The standard InChI is InChI=1S/C22H28N10O/c33-20(28-21-23-12-24-31-21)17-9-4-10-32(17)22-25-15-8-3-7-14(15)19(27-22)26-18-11-16(29-30-18)13-5-1-2-6-13/h11-13,17H,1-10H2,(H2,23,24,28,31,33)(H2,25,26,27,29,30)/t17-/m0/s1. The largest absolute Gasteiger partial charge is 0.329 e. The van der Waals surface area contributed by atoms with Gasteiger partial charge in [-0.25, -0.2) is 10.1 Å². The van der Waals surface area contributed by atoms with Crippen LogP contribution in [0.1, 0.15) is 67.8 Å². The Morgan fingerprint density at radius 1 is 1.06 bits per heavy atom. The summed E-state index contributed by atoms with van der Waals surface area (Å²) in [5.41, 5.74) is 3.42. The van der Waals surface area contributed by atoms with Gasteiger partial charge in [0.15, 0.2) is 5.82 Å². The Kier molecular flexibility index (Phi) is 5.16. The van der Waals surface area contributed by atoms with E-state index in [9.17, 15) is 4.79 Å². The van der Waals surface area contributed by atoms with Gasteiger partial charge in [0, 0.05) is 29.8 Å². The van der Waals surface area contributed by atoms with Gasteiger partial charge in [-0.2, -0.15) is 20.2 Å². The first-order valence-electron chi connectivity index (χ1n) is 11.9. The minimum absolute atomic E-state index is 0.128. The number of aromatic amines is 2. The summed E-state index contributed by atoms with van der Waals surface area (Å²) in [5, 5.41) is 20.4. The molecule has 1 aliphatic heterocycles. The molecule has 0 bridgehead atoms. The average Bonchev–Trinajstić information content (AvgIpc) is 3.64. The summed E-state index contributed by atoms with van der Waals surface area (Å²) in [6, 6.07) is 1.77. The highest BCUT2D eigenvalue weighted by Crippen LogP contribution is 2.35. The number of rotatable bonds is 6. The number of aryl methyl sites for hydroxylation is 1. The summed E-state index contributed by atoms with van der Waals surface area (Å²) in [5.74, 6) is 2.99. The number of hydrogen-bond acceptors (Lipinski definition) is 8. The number of carbonyl (C=O) groups excluding carboxylic acids is 1. The highest BCUT2D eigenvalue weighted by Gasteiger charge is 2.34. The van der Waals surface area contributed by atoms with Crippen molar-refractivity contribution in [3.05, 3.63) is 29.3 Å². The average molecular weight is 449 g/mol. The molecule has 3 aliphatic rings. The SMILES string of the molecule is O=C(Nc1ncn[nH]1)[C@@H]1CCCN1c1nc2c(c(Nc3cc(C4CCCC4)[nH]n3)n1)CCC2. The molecule has 11 heteroatoms. The molecule has 3 aromatic heterocycles. The number of fused-ring (bicyclic) bond motifs is 1. The van der Waals surface area contributed by atoms with Gasteiger partial charge in [0.05, 0.1) is 5.69 Å². The number of carbonyl (C=O) groups is 1. The fourth-order valence-corrected chi connectivity index (χ4v) is 5.36. The number of nitrogens with zero attached hydrogens (tertiary/aromatic N) is 6. The van der Waals surface area contributed by atoms with Crippen LogP contribution in [0.25, 0.3) is 0 Å². The molecular weight excluding hydrogens is 420 g/mol. The minimum Gasteiger partial charge on any atom is -0.329 e. The molecule has 11 nitrogen and oxygen atoms in total. The Hall–Kier alpha value is -3.50. The lowest BCUT2D eigenvalue weighted by Crippen LogP contribution is -2.41. The monoisotopic (exact) mass is 448 g/mol. The van der Waals surface area contributed by atoms with E-state index in [1.807, 2.05) is 4.90 Å². The number of nitrogens with one attached hydrogen (secondary N) is 4. The molecule has 1 saturated carbocycles. The maximum atomic E-state index is 12.9. The van der Waals surface area contributed by atoms with Crippen LogP contribution in [0.4, 0.5) is 23.5 Å². The first kappa shape index (κ1) is 20.1. The van der Waals surface area contributed by atoms with Gasteiger partial charge in [-0.1, -0.05) is 12.8 Å². The second-order valence-corrected chi connectivity index (χ2v) is 9.14. The normalized spacial score (nSPS) is 20.4. The highest BCUT2D eigenvalue weighted by molar-refractivity contribution is 5.95. The van der Waals surface area contributed by atoms with Crippen LogP contribution < -0.4 is 15.5 Å². The second-order valence-electron chi connectivity index (χ2n) is 9.14. The van der Waals surface area contributed by atoms with Gasteiger partial charge in [-0.15, -0.1) is 0 Å².